The summed E-state index contributed by atoms with van der Waals surface area (Å²) in [5.74, 6) is -1.10. The molecule has 1 aliphatic carbocycles. The average Bonchev–Trinajstić information content (AvgIpc) is 3.04. The van der Waals surface area contributed by atoms with Gasteiger partial charge >= 0.3 is 0 Å². The summed E-state index contributed by atoms with van der Waals surface area (Å²) >= 11 is 0. The third kappa shape index (κ3) is 3.10. The zero-order valence-corrected chi connectivity index (χ0v) is 15.3. The molecule has 0 unspecified atom stereocenters. The molecular weight excluding hydrogens is 344 g/mol. The lowest BCUT2D eigenvalue weighted by atomic mass is 9.87. The number of furan rings is 1. The van der Waals surface area contributed by atoms with Crippen LogP contribution >= 0.6 is 0 Å². The van der Waals surface area contributed by atoms with Crippen molar-refractivity contribution in [3.8, 4) is 11.3 Å². The van der Waals surface area contributed by atoms with Crippen molar-refractivity contribution < 1.29 is 18.8 Å². The lowest BCUT2D eigenvalue weighted by Crippen LogP contribution is -2.37. The van der Waals surface area contributed by atoms with E-state index in [1.54, 1.807) is 31.2 Å². The Balaban J connectivity index is 1.55. The van der Waals surface area contributed by atoms with E-state index in [0.29, 0.717) is 29.0 Å². The maximum Gasteiger partial charge on any atom is 0.287 e. The van der Waals surface area contributed by atoms with E-state index in [1.807, 2.05) is 0 Å². The van der Waals surface area contributed by atoms with Crippen LogP contribution in [0.1, 0.15) is 56.1 Å². The Morgan fingerprint density at radius 1 is 1.07 bits per heavy atom. The highest BCUT2D eigenvalue weighted by Crippen LogP contribution is 2.38. The van der Waals surface area contributed by atoms with Gasteiger partial charge in [0.15, 0.2) is 5.76 Å². The molecule has 1 N–H and O–H groups in total. The topological polar surface area (TPSA) is 79.6 Å². The molecule has 4 rings (SSSR count). The van der Waals surface area contributed by atoms with Crippen LogP contribution in [0.25, 0.3) is 11.3 Å². The zero-order chi connectivity index (χ0) is 19.0. The molecule has 1 aromatic heterocycles. The standard InChI is InChI=1S/C21H22N2O4/c1-13-16-18(25)17(24)14-7-3-4-8-15(14)20(16)27-19(13)21(26)22-9-12-23-10-5-2-6-11-23/h3-4,7-8H,2,5-6,9-12H2,1H3,(H,22,26). The molecule has 1 amide bonds. The fourth-order valence-electron chi connectivity index (χ4n) is 3.90. The van der Waals surface area contributed by atoms with Crippen molar-refractivity contribution >= 4 is 17.5 Å². The number of nitrogens with one attached hydrogen (secondary N) is 1. The van der Waals surface area contributed by atoms with E-state index in [2.05, 4.69) is 10.2 Å². The molecule has 1 aromatic carbocycles. The molecule has 2 heterocycles. The van der Waals surface area contributed by atoms with Gasteiger partial charge in [-0.15, -0.1) is 0 Å². The normalized spacial score (nSPS) is 16.8. The molecule has 0 saturated carbocycles. The predicted octanol–water partition coefficient (Wildman–Crippen LogP) is 2.85. The Morgan fingerprint density at radius 2 is 1.78 bits per heavy atom. The van der Waals surface area contributed by atoms with E-state index < -0.39 is 11.6 Å². The summed E-state index contributed by atoms with van der Waals surface area (Å²) in [6, 6.07) is 6.83. The van der Waals surface area contributed by atoms with Crippen LogP contribution in [-0.4, -0.2) is 48.6 Å². The molecule has 6 heteroatoms. The van der Waals surface area contributed by atoms with Gasteiger partial charge in [-0.3, -0.25) is 14.4 Å². The van der Waals surface area contributed by atoms with Gasteiger partial charge < -0.3 is 14.6 Å². The molecule has 1 saturated heterocycles. The number of ketones is 2. The van der Waals surface area contributed by atoms with Gasteiger partial charge in [0.1, 0.15) is 5.76 Å². The van der Waals surface area contributed by atoms with Gasteiger partial charge in [-0.25, -0.2) is 0 Å². The molecule has 0 radical (unpaired) electrons. The molecular formula is C21H22N2O4. The molecule has 27 heavy (non-hydrogen) atoms. The van der Waals surface area contributed by atoms with E-state index in [9.17, 15) is 14.4 Å². The number of Topliss-reactive ketones (excluding diaryl/α,β-unsaturated/α-hetero) is 2. The lowest BCUT2D eigenvalue weighted by molar-refractivity contribution is 0.0814. The number of carbonyl (C=O) groups is 3. The van der Waals surface area contributed by atoms with Crippen molar-refractivity contribution in [2.24, 2.45) is 0 Å². The first-order valence-corrected chi connectivity index (χ1v) is 9.40. The summed E-state index contributed by atoms with van der Waals surface area (Å²) in [6.45, 7) is 5.11. The summed E-state index contributed by atoms with van der Waals surface area (Å²) < 4.78 is 5.79. The van der Waals surface area contributed by atoms with Crippen LogP contribution in [0.5, 0.6) is 0 Å². The Morgan fingerprint density at radius 3 is 2.52 bits per heavy atom. The Bertz CT molecular complexity index is 922. The van der Waals surface area contributed by atoms with E-state index in [-0.39, 0.29) is 17.2 Å². The summed E-state index contributed by atoms with van der Waals surface area (Å²) in [7, 11) is 0. The van der Waals surface area contributed by atoms with Gasteiger partial charge in [-0.1, -0.05) is 30.7 Å². The number of amides is 1. The average molecular weight is 366 g/mol. The molecule has 0 spiro atoms. The van der Waals surface area contributed by atoms with Gasteiger partial charge in [-0.2, -0.15) is 0 Å². The second-order valence-electron chi connectivity index (χ2n) is 7.12. The van der Waals surface area contributed by atoms with E-state index in [4.69, 9.17) is 4.42 Å². The van der Waals surface area contributed by atoms with Crippen LogP contribution in [0.3, 0.4) is 0 Å². The second-order valence-corrected chi connectivity index (χ2v) is 7.12. The fraction of sp³-hybridized carbons (Fsp3) is 0.381. The lowest BCUT2D eigenvalue weighted by Gasteiger charge is -2.26. The summed E-state index contributed by atoms with van der Waals surface area (Å²) in [5, 5.41) is 2.88. The van der Waals surface area contributed by atoms with Crippen LogP contribution in [0.15, 0.2) is 28.7 Å². The third-order valence-corrected chi connectivity index (χ3v) is 5.36. The van der Waals surface area contributed by atoms with Crippen LogP contribution in [-0.2, 0) is 0 Å². The zero-order valence-electron chi connectivity index (χ0n) is 15.3. The van der Waals surface area contributed by atoms with Crippen LogP contribution in [0.2, 0.25) is 0 Å². The highest BCUT2D eigenvalue weighted by Gasteiger charge is 2.37. The number of rotatable bonds is 4. The van der Waals surface area contributed by atoms with Crippen LogP contribution in [0.4, 0.5) is 0 Å². The van der Waals surface area contributed by atoms with Gasteiger partial charge in [0.25, 0.3) is 5.91 Å². The Labute approximate surface area is 157 Å². The van der Waals surface area contributed by atoms with Gasteiger partial charge in [0.05, 0.1) is 5.56 Å². The highest BCUT2D eigenvalue weighted by atomic mass is 16.4. The number of hydrogen-bond donors (Lipinski definition) is 1. The first kappa shape index (κ1) is 17.7. The molecule has 0 bridgehead atoms. The highest BCUT2D eigenvalue weighted by molar-refractivity contribution is 6.53. The SMILES string of the molecule is Cc1c(C(=O)NCCN2CCCCC2)oc2c1C(=O)C(=O)c1ccccc1-2. The van der Waals surface area contributed by atoms with Crippen LogP contribution < -0.4 is 5.32 Å². The van der Waals surface area contributed by atoms with Crippen molar-refractivity contribution in [2.45, 2.75) is 26.2 Å². The number of nitrogens with zero attached hydrogens (tertiary/aromatic N) is 1. The molecule has 140 valence electrons. The minimum atomic E-state index is -0.614. The monoisotopic (exact) mass is 366 g/mol. The number of piperidine rings is 1. The number of benzene rings is 1. The molecule has 6 nitrogen and oxygen atoms in total. The molecule has 1 aliphatic heterocycles. The third-order valence-electron chi connectivity index (χ3n) is 5.36. The molecule has 2 aromatic rings. The largest absolute Gasteiger partial charge is 0.450 e. The summed E-state index contributed by atoms with van der Waals surface area (Å²) in [5.41, 5.74) is 1.52. The molecule has 1 fully saturated rings. The van der Waals surface area contributed by atoms with Gasteiger partial charge in [-0.05, 0) is 32.9 Å². The number of fused-ring (bicyclic) bond motifs is 3. The predicted molar refractivity (Wildman–Crippen MR) is 100 cm³/mol. The fourth-order valence-corrected chi connectivity index (χ4v) is 3.90. The van der Waals surface area contributed by atoms with Crippen LogP contribution in [0, 0.1) is 6.92 Å². The van der Waals surface area contributed by atoms with E-state index in [0.717, 1.165) is 19.6 Å². The quantitative estimate of drug-likeness (QED) is 0.842. The smallest absolute Gasteiger partial charge is 0.287 e. The van der Waals surface area contributed by atoms with Gasteiger partial charge in [0, 0.05) is 29.8 Å². The molecule has 0 atom stereocenters. The van der Waals surface area contributed by atoms with Crippen molar-refractivity contribution in [3.05, 3.63) is 46.7 Å². The summed E-state index contributed by atoms with van der Waals surface area (Å²) in [6.07, 6.45) is 3.68. The summed E-state index contributed by atoms with van der Waals surface area (Å²) in [4.78, 5) is 39.8. The second kappa shape index (κ2) is 7.12. The minimum Gasteiger partial charge on any atom is -0.450 e. The van der Waals surface area contributed by atoms with Gasteiger partial charge in [0.2, 0.25) is 11.6 Å². The first-order valence-electron chi connectivity index (χ1n) is 9.40. The van der Waals surface area contributed by atoms with E-state index >= 15 is 0 Å². The number of hydrogen-bond acceptors (Lipinski definition) is 5. The minimum absolute atomic E-state index is 0.108. The maximum atomic E-state index is 12.6. The number of likely N-dealkylation sites (tertiary alicyclic amines) is 1. The Kier molecular flexibility index (Phi) is 4.66. The number of carbonyl (C=O) groups excluding carboxylic acids is 3. The molecule has 2 aliphatic rings. The van der Waals surface area contributed by atoms with Crippen molar-refractivity contribution in [1.82, 2.24) is 10.2 Å². The first-order chi connectivity index (χ1) is 13.1. The van der Waals surface area contributed by atoms with E-state index in [1.165, 1.54) is 19.3 Å². The van der Waals surface area contributed by atoms with Crippen molar-refractivity contribution in [1.29, 1.82) is 0 Å². The van der Waals surface area contributed by atoms with Crippen molar-refractivity contribution in [3.63, 3.8) is 0 Å². The maximum absolute atomic E-state index is 12.6. The van der Waals surface area contributed by atoms with Crippen molar-refractivity contribution in [2.75, 3.05) is 26.2 Å². The Hall–Kier alpha value is -2.73.